The van der Waals surface area contributed by atoms with Gasteiger partial charge in [0.15, 0.2) is 0 Å². The maximum Gasteiger partial charge on any atom is 0.408 e. The second kappa shape index (κ2) is 9.79. The molecule has 1 saturated carbocycles. The second-order valence-corrected chi connectivity index (χ2v) is 10.4. The van der Waals surface area contributed by atoms with Crippen LogP contribution in [0.1, 0.15) is 78.0 Å². The summed E-state index contributed by atoms with van der Waals surface area (Å²) in [5.41, 5.74) is -0.241. The van der Waals surface area contributed by atoms with E-state index in [1.54, 1.807) is 45.9 Å². The fourth-order valence-corrected chi connectivity index (χ4v) is 3.53. The molecule has 1 atom stereocenters. The smallest absolute Gasteiger partial charge is 0.408 e. The molecule has 1 aromatic rings. The van der Waals surface area contributed by atoms with E-state index in [2.05, 4.69) is 10.6 Å². The minimum Gasteiger partial charge on any atom is -0.507 e. The summed E-state index contributed by atoms with van der Waals surface area (Å²) in [6.45, 7) is 12.2. The lowest BCUT2D eigenvalue weighted by Gasteiger charge is -2.43. The molecule has 32 heavy (non-hydrogen) atoms. The molecule has 2 rings (SSSR count). The van der Waals surface area contributed by atoms with Gasteiger partial charge in [0.05, 0.1) is 0 Å². The van der Waals surface area contributed by atoms with Crippen molar-refractivity contribution in [2.75, 3.05) is 6.54 Å². The molecular weight excluding hydrogens is 410 g/mol. The van der Waals surface area contributed by atoms with Crippen molar-refractivity contribution in [2.45, 2.75) is 91.0 Å². The Morgan fingerprint density at radius 1 is 1.16 bits per heavy atom. The molecule has 0 spiro atoms. The van der Waals surface area contributed by atoms with Gasteiger partial charge < -0.3 is 25.4 Å². The highest BCUT2D eigenvalue weighted by molar-refractivity contribution is 5.91. The van der Waals surface area contributed by atoms with Crippen LogP contribution in [0.25, 0.3) is 0 Å². The molecule has 3 N–H and O–H groups in total. The van der Waals surface area contributed by atoms with Crippen molar-refractivity contribution in [3.8, 4) is 5.75 Å². The summed E-state index contributed by atoms with van der Waals surface area (Å²) < 4.78 is 5.22. The van der Waals surface area contributed by atoms with Gasteiger partial charge in [-0.15, -0.1) is 0 Å². The molecule has 8 heteroatoms. The van der Waals surface area contributed by atoms with Crippen molar-refractivity contribution in [2.24, 2.45) is 0 Å². The van der Waals surface area contributed by atoms with Crippen LogP contribution in [0.2, 0.25) is 0 Å². The fourth-order valence-electron chi connectivity index (χ4n) is 3.53. The molecule has 1 aliphatic rings. The van der Waals surface area contributed by atoms with Gasteiger partial charge in [-0.2, -0.15) is 0 Å². The summed E-state index contributed by atoms with van der Waals surface area (Å²) in [5, 5.41) is 16.2. The first kappa shape index (κ1) is 25.5. The Hall–Kier alpha value is -2.77. The summed E-state index contributed by atoms with van der Waals surface area (Å²) in [6, 6.07) is 3.99. The van der Waals surface area contributed by atoms with Crippen molar-refractivity contribution in [3.63, 3.8) is 0 Å². The monoisotopic (exact) mass is 447 g/mol. The maximum atomic E-state index is 13.4. The molecule has 1 aromatic carbocycles. The Morgan fingerprint density at radius 3 is 2.28 bits per heavy atom. The number of para-hydroxylation sites is 1. The number of aryl methyl sites for hydroxylation is 1. The van der Waals surface area contributed by atoms with E-state index in [1.165, 1.54) is 4.90 Å². The van der Waals surface area contributed by atoms with Crippen LogP contribution in [-0.2, 0) is 14.3 Å². The van der Waals surface area contributed by atoms with Gasteiger partial charge in [0.1, 0.15) is 23.9 Å². The molecular formula is C24H37N3O5. The molecule has 178 valence electrons. The summed E-state index contributed by atoms with van der Waals surface area (Å²) in [5.74, 6) is -0.801. The minimum absolute atomic E-state index is 0.0150. The predicted molar refractivity (Wildman–Crippen MR) is 122 cm³/mol. The van der Waals surface area contributed by atoms with Gasteiger partial charge in [0, 0.05) is 17.1 Å². The first-order valence-electron chi connectivity index (χ1n) is 11.1. The number of phenols is 1. The van der Waals surface area contributed by atoms with E-state index in [0.29, 0.717) is 11.1 Å². The molecule has 0 radical (unpaired) electrons. The number of phenolic OH excluding ortho intramolecular Hbond substituents is 1. The van der Waals surface area contributed by atoms with Crippen molar-refractivity contribution in [1.82, 2.24) is 15.5 Å². The number of aromatic hydroxyl groups is 1. The number of benzene rings is 1. The predicted octanol–water partition coefficient (Wildman–Crippen LogP) is 3.56. The van der Waals surface area contributed by atoms with Crippen molar-refractivity contribution in [1.29, 1.82) is 0 Å². The molecule has 1 aliphatic carbocycles. The Bertz CT molecular complexity index is 850. The van der Waals surface area contributed by atoms with E-state index in [9.17, 15) is 19.5 Å². The number of hydrogen-bond donors (Lipinski definition) is 3. The summed E-state index contributed by atoms with van der Waals surface area (Å²) in [7, 11) is 0. The zero-order chi connectivity index (χ0) is 24.3. The number of ether oxygens (including phenoxy) is 1. The standard InChI is InChI=1S/C24H37N3O5/c1-15-10-8-13-17(20(15)29)19(21(30)26-23(2,3)4)27(16-11-9-12-16)18(28)14-25-22(31)32-24(5,6)7/h8,10,13,16,19,29H,9,11-12,14H2,1-7H3,(H,25,31)(H,26,30). The van der Waals surface area contributed by atoms with E-state index in [0.717, 1.165) is 19.3 Å². The van der Waals surface area contributed by atoms with Crippen molar-refractivity contribution >= 4 is 17.9 Å². The zero-order valence-electron chi connectivity index (χ0n) is 20.2. The van der Waals surface area contributed by atoms with E-state index >= 15 is 0 Å². The lowest BCUT2D eigenvalue weighted by molar-refractivity contribution is -0.145. The molecule has 8 nitrogen and oxygen atoms in total. The third kappa shape index (κ3) is 6.87. The van der Waals surface area contributed by atoms with Gasteiger partial charge in [-0.3, -0.25) is 9.59 Å². The van der Waals surface area contributed by atoms with E-state index in [4.69, 9.17) is 4.74 Å². The van der Waals surface area contributed by atoms with Crippen LogP contribution < -0.4 is 10.6 Å². The van der Waals surface area contributed by atoms with Gasteiger partial charge >= 0.3 is 6.09 Å². The van der Waals surface area contributed by atoms with E-state index in [1.807, 2.05) is 20.8 Å². The van der Waals surface area contributed by atoms with Crippen LogP contribution in [-0.4, -0.2) is 51.6 Å². The second-order valence-electron chi connectivity index (χ2n) is 10.4. The number of alkyl carbamates (subject to hydrolysis) is 1. The van der Waals surface area contributed by atoms with Gasteiger partial charge in [0.25, 0.3) is 0 Å². The van der Waals surface area contributed by atoms with Crippen LogP contribution in [0.4, 0.5) is 4.79 Å². The highest BCUT2D eigenvalue weighted by atomic mass is 16.6. The van der Waals surface area contributed by atoms with Gasteiger partial charge in [-0.05, 0) is 73.3 Å². The molecule has 0 bridgehead atoms. The fraction of sp³-hybridized carbons (Fsp3) is 0.625. The minimum atomic E-state index is -1.02. The molecule has 3 amide bonds. The zero-order valence-corrected chi connectivity index (χ0v) is 20.2. The van der Waals surface area contributed by atoms with Gasteiger partial charge in [-0.1, -0.05) is 18.2 Å². The third-order valence-corrected chi connectivity index (χ3v) is 5.13. The molecule has 0 heterocycles. The third-order valence-electron chi connectivity index (χ3n) is 5.13. The number of amides is 3. The van der Waals surface area contributed by atoms with Crippen LogP contribution in [0.3, 0.4) is 0 Å². The SMILES string of the molecule is Cc1cccc(C(C(=O)NC(C)(C)C)N(C(=O)CNC(=O)OC(C)(C)C)C2CCC2)c1O. The van der Waals surface area contributed by atoms with Crippen LogP contribution in [0.5, 0.6) is 5.75 Å². The number of hydrogen-bond acceptors (Lipinski definition) is 5. The molecule has 1 unspecified atom stereocenters. The molecule has 0 aliphatic heterocycles. The first-order valence-corrected chi connectivity index (χ1v) is 11.1. The molecule has 0 aromatic heterocycles. The first-order chi connectivity index (χ1) is 14.7. The highest BCUT2D eigenvalue weighted by Crippen LogP contribution is 2.37. The lowest BCUT2D eigenvalue weighted by Crippen LogP contribution is -2.55. The average molecular weight is 448 g/mol. The van der Waals surface area contributed by atoms with Crippen molar-refractivity contribution in [3.05, 3.63) is 29.3 Å². The lowest BCUT2D eigenvalue weighted by atomic mass is 9.88. The Labute approximate surface area is 190 Å². The average Bonchev–Trinajstić information content (AvgIpc) is 2.58. The Morgan fingerprint density at radius 2 is 1.78 bits per heavy atom. The van der Waals surface area contributed by atoms with E-state index in [-0.39, 0.29) is 24.2 Å². The van der Waals surface area contributed by atoms with Gasteiger partial charge in [0.2, 0.25) is 11.8 Å². The van der Waals surface area contributed by atoms with Gasteiger partial charge in [-0.25, -0.2) is 4.79 Å². The summed E-state index contributed by atoms with van der Waals surface area (Å²) in [6.07, 6.45) is 1.75. The van der Waals surface area contributed by atoms with Crippen LogP contribution >= 0.6 is 0 Å². The van der Waals surface area contributed by atoms with Crippen molar-refractivity contribution < 1.29 is 24.2 Å². The largest absolute Gasteiger partial charge is 0.507 e. The number of nitrogens with one attached hydrogen (secondary N) is 2. The van der Waals surface area contributed by atoms with E-state index < -0.39 is 29.2 Å². The number of carbonyl (C=O) groups is 3. The molecule has 0 saturated heterocycles. The van der Waals surface area contributed by atoms with Crippen LogP contribution in [0.15, 0.2) is 18.2 Å². The molecule has 1 fully saturated rings. The number of rotatable bonds is 6. The summed E-state index contributed by atoms with van der Waals surface area (Å²) >= 11 is 0. The number of carbonyl (C=O) groups excluding carboxylic acids is 3. The normalized spacial score (nSPS) is 15.3. The Balaban J connectivity index is 2.38. The summed E-state index contributed by atoms with van der Waals surface area (Å²) in [4.78, 5) is 40.3. The quantitative estimate of drug-likeness (QED) is 0.618. The number of nitrogens with zero attached hydrogens (tertiary/aromatic N) is 1. The van der Waals surface area contributed by atoms with Crippen LogP contribution in [0, 0.1) is 6.92 Å². The Kier molecular flexibility index (Phi) is 7.80. The highest BCUT2D eigenvalue weighted by Gasteiger charge is 2.41. The topological polar surface area (TPSA) is 108 Å². The maximum absolute atomic E-state index is 13.4.